The van der Waals surface area contributed by atoms with Crippen LogP contribution >= 0.6 is 11.6 Å². The van der Waals surface area contributed by atoms with Gasteiger partial charge in [-0.05, 0) is 35.7 Å². The maximum absolute atomic E-state index is 12.8. The second-order valence-electron chi connectivity index (χ2n) is 8.23. The molecule has 0 radical (unpaired) electrons. The number of nitrogens with zero attached hydrogens (tertiary/aromatic N) is 4. The van der Waals surface area contributed by atoms with Crippen molar-refractivity contribution in [3.63, 3.8) is 0 Å². The number of fused-ring (bicyclic) bond motifs is 1. The Kier molecular flexibility index (Phi) is 5.52. The molecule has 2 aliphatic heterocycles. The highest BCUT2D eigenvalue weighted by atomic mass is 35.5. The van der Waals surface area contributed by atoms with Crippen LogP contribution < -0.4 is 4.90 Å². The van der Waals surface area contributed by atoms with E-state index in [0.717, 1.165) is 32.0 Å². The summed E-state index contributed by atoms with van der Waals surface area (Å²) in [6, 6.07) is 17.2. The van der Waals surface area contributed by atoms with Crippen LogP contribution in [-0.2, 0) is 0 Å². The zero-order chi connectivity index (χ0) is 21.4. The minimum atomic E-state index is -0.543. The van der Waals surface area contributed by atoms with Crippen LogP contribution in [0.25, 0.3) is 10.8 Å². The summed E-state index contributed by atoms with van der Waals surface area (Å²) in [6.45, 7) is 4.24. The Hall–Kier alpha value is -2.67. The molecule has 2 aromatic carbocycles. The number of pyridine rings is 1. The fraction of sp³-hybridized carbons (Fsp3) is 0.333. The molecule has 2 unspecified atom stereocenters. The van der Waals surface area contributed by atoms with Crippen molar-refractivity contribution in [1.82, 2.24) is 14.8 Å². The van der Waals surface area contributed by atoms with Gasteiger partial charge >= 0.3 is 0 Å². The van der Waals surface area contributed by atoms with Gasteiger partial charge in [-0.25, -0.2) is 4.98 Å². The molecular weight excluding hydrogens is 412 g/mol. The van der Waals surface area contributed by atoms with E-state index in [9.17, 15) is 9.90 Å². The van der Waals surface area contributed by atoms with E-state index in [0.29, 0.717) is 23.7 Å². The summed E-state index contributed by atoms with van der Waals surface area (Å²) < 4.78 is 0. The molecule has 0 aliphatic carbocycles. The molecule has 31 heavy (non-hydrogen) atoms. The number of piperazine rings is 1. The Morgan fingerprint density at radius 1 is 0.968 bits per heavy atom. The number of aliphatic hydroxyl groups is 1. The predicted molar refractivity (Wildman–Crippen MR) is 123 cm³/mol. The highest BCUT2D eigenvalue weighted by molar-refractivity contribution is 6.30. The first kappa shape index (κ1) is 20.2. The number of amides is 1. The van der Waals surface area contributed by atoms with E-state index in [2.05, 4.69) is 26.9 Å². The number of β-amino-alcohol motifs (C(OH)–C–C–N with tert-alkyl or cyclic N) is 1. The largest absolute Gasteiger partial charge is 0.390 e. The van der Waals surface area contributed by atoms with Gasteiger partial charge in [0.2, 0.25) is 0 Å². The molecule has 160 valence electrons. The van der Waals surface area contributed by atoms with Gasteiger partial charge in [0.1, 0.15) is 5.82 Å². The number of likely N-dealkylation sites (tertiary alicyclic amines) is 1. The van der Waals surface area contributed by atoms with Gasteiger partial charge in [-0.1, -0.05) is 35.9 Å². The summed E-state index contributed by atoms with van der Waals surface area (Å²) in [5.41, 5.74) is 0.601. The van der Waals surface area contributed by atoms with Crippen molar-refractivity contribution < 1.29 is 9.90 Å². The molecule has 2 atom stereocenters. The van der Waals surface area contributed by atoms with Gasteiger partial charge in [-0.15, -0.1) is 0 Å². The monoisotopic (exact) mass is 436 g/mol. The SMILES string of the molecule is O=C(c1ccc(Cl)cc1)N1CC(O)C(N2CCN(c3nccc4ccccc34)CC2)C1. The van der Waals surface area contributed by atoms with Gasteiger partial charge in [0.05, 0.1) is 12.1 Å². The number of hydrogen-bond acceptors (Lipinski definition) is 5. The second-order valence-corrected chi connectivity index (χ2v) is 8.67. The lowest BCUT2D eigenvalue weighted by Crippen LogP contribution is -2.54. The number of carbonyl (C=O) groups excluding carboxylic acids is 1. The Morgan fingerprint density at radius 3 is 2.48 bits per heavy atom. The molecule has 6 nitrogen and oxygen atoms in total. The average molecular weight is 437 g/mol. The zero-order valence-electron chi connectivity index (χ0n) is 17.2. The van der Waals surface area contributed by atoms with Crippen LogP contribution in [0.2, 0.25) is 5.02 Å². The lowest BCUT2D eigenvalue weighted by Gasteiger charge is -2.39. The maximum Gasteiger partial charge on any atom is 0.253 e. The van der Waals surface area contributed by atoms with Gasteiger partial charge < -0.3 is 14.9 Å². The van der Waals surface area contributed by atoms with Crippen LogP contribution in [0.5, 0.6) is 0 Å². The lowest BCUT2D eigenvalue weighted by atomic mass is 10.1. The zero-order valence-corrected chi connectivity index (χ0v) is 17.9. The molecule has 7 heteroatoms. The van der Waals surface area contributed by atoms with Crippen LogP contribution in [0.3, 0.4) is 0 Å². The van der Waals surface area contributed by atoms with Gasteiger partial charge in [0.15, 0.2) is 0 Å². The summed E-state index contributed by atoms with van der Waals surface area (Å²) >= 11 is 5.93. The number of anilines is 1. The normalized spacial score (nSPS) is 22.3. The smallest absolute Gasteiger partial charge is 0.253 e. The van der Waals surface area contributed by atoms with Crippen molar-refractivity contribution >= 4 is 34.1 Å². The standard InChI is InChI=1S/C24H25ClN4O2/c25-19-7-5-18(6-8-19)24(31)29-15-21(22(30)16-29)27-11-13-28(14-12-27)23-20-4-2-1-3-17(20)9-10-26-23/h1-10,21-22,30H,11-16H2. The number of carbonyl (C=O) groups is 1. The first-order valence-electron chi connectivity index (χ1n) is 10.7. The molecule has 3 heterocycles. The van der Waals surface area contributed by atoms with Gasteiger partial charge in [0, 0.05) is 61.4 Å². The van der Waals surface area contributed by atoms with Gasteiger partial charge in [-0.2, -0.15) is 0 Å². The highest BCUT2D eigenvalue weighted by Crippen LogP contribution is 2.27. The van der Waals surface area contributed by atoms with Crippen LogP contribution in [0.4, 0.5) is 5.82 Å². The molecule has 2 saturated heterocycles. The van der Waals surface area contributed by atoms with E-state index in [1.807, 2.05) is 24.4 Å². The third-order valence-electron chi connectivity index (χ3n) is 6.37. The third-order valence-corrected chi connectivity index (χ3v) is 6.62. The van der Waals surface area contributed by atoms with E-state index >= 15 is 0 Å². The van der Waals surface area contributed by atoms with E-state index in [4.69, 9.17) is 11.6 Å². The molecule has 0 saturated carbocycles. The van der Waals surface area contributed by atoms with Gasteiger partial charge in [-0.3, -0.25) is 9.69 Å². The van der Waals surface area contributed by atoms with Crippen molar-refractivity contribution in [3.8, 4) is 0 Å². The minimum Gasteiger partial charge on any atom is -0.390 e. The molecule has 0 bridgehead atoms. The predicted octanol–water partition coefficient (Wildman–Crippen LogP) is 2.90. The van der Waals surface area contributed by atoms with Crippen LogP contribution in [0.1, 0.15) is 10.4 Å². The fourth-order valence-electron chi connectivity index (χ4n) is 4.69. The molecule has 1 N–H and O–H groups in total. The molecule has 1 amide bonds. The molecular formula is C24H25ClN4O2. The number of aromatic nitrogens is 1. The summed E-state index contributed by atoms with van der Waals surface area (Å²) in [7, 11) is 0. The van der Waals surface area contributed by atoms with Crippen molar-refractivity contribution in [2.45, 2.75) is 12.1 Å². The van der Waals surface area contributed by atoms with Crippen molar-refractivity contribution in [2.75, 3.05) is 44.2 Å². The van der Waals surface area contributed by atoms with Crippen LogP contribution in [0, 0.1) is 0 Å². The number of halogens is 1. The topological polar surface area (TPSA) is 59.9 Å². The number of aliphatic hydroxyl groups excluding tert-OH is 1. The van der Waals surface area contributed by atoms with Crippen LogP contribution in [-0.4, -0.2) is 77.2 Å². The lowest BCUT2D eigenvalue weighted by molar-refractivity contribution is 0.0754. The van der Waals surface area contributed by atoms with Gasteiger partial charge in [0.25, 0.3) is 5.91 Å². The number of rotatable bonds is 3. The first-order valence-corrected chi connectivity index (χ1v) is 11.0. The Labute approximate surface area is 186 Å². The van der Waals surface area contributed by atoms with E-state index in [1.54, 1.807) is 29.2 Å². The van der Waals surface area contributed by atoms with Crippen LogP contribution in [0.15, 0.2) is 60.8 Å². The van der Waals surface area contributed by atoms with E-state index in [1.165, 1.54) is 10.8 Å². The van der Waals surface area contributed by atoms with E-state index < -0.39 is 6.10 Å². The molecule has 3 aromatic rings. The minimum absolute atomic E-state index is 0.0427. The van der Waals surface area contributed by atoms with Crippen molar-refractivity contribution in [1.29, 1.82) is 0 Å². The van der Waals surface area contributed by atoms with Crippen molar-refractivity contribution in [2.24, 2.45) is 0 Å². The molecule has 0 spiro atoms. The molecule has 5 rings (SSSR count). The molecule has 2 aliphatic rings. The first-order chi connectivity index (χ1) is 15.1. The average Bonchev–Trinajstić information content (AvgIpc) is 3.20. The molecule has 2 fully saturated rings. The number of benzene rings is 2. The summed E-state index contributed by atoms with van der Waals surface area (Å²) in [5, 5.41) is 13.7. The third kappa shape index (κ3) is 3.99. The Balaban J connectivity index is 1.24. The molecule has 1 aromatic heterocycles. The fourth-order valence-corrected chi connectivity index (χ4v) is 4.82. The van der Waals surface area contributed by atoms with E-state index in [-0.39, 0.29) is 11.9 Å². The quantitative estimate of drug-likeness (QED) is 0.684. The number of hydrogen-bond donors (Lipinski definition) is 1. The van der Waals surface area contributed by atoms with Crippen molar-refractivity contribution in [3.05, 3.63) is 71.4 Å². The summed E-state index contributed by atoms with van der Waals surface area (Å²) in [5.74, 6) is 0.959. The Bertz CT molecular complexity index is 1080. The summed E-state index contributed by atoms with van der Waals surface area (Å²) in [6.07, 6.45) is 1.32. The maximum atomic E-state index is 12.8. The second kappa shape index (κ2) is 8.46. The highest BCUT2D eigenvalue weighted by Gasteiger charge is 2.39. The Morgan fingerprint density at radius 2 is 1.71 bits per heavy atom. The summed E-state index contributed by atoms with van der Waals surface area (Å²) in [4.78, 5) is 23.8.